The molecule has 1 N–H and O–H groups in total. The number of carbonyl (C=O) groups is 1. The van der Waals surface area contributed by atoms with Gasteiger partial charge in [0.2, 0.25) is 0 Å². The molecule has 0 aliphatic carbocycles. The van der Waals surface area contributed by atoms with Crippen LogP contribution in [0, 0.1) is 5.92 Å². The molecule has 1 unspecified atom stereocenters. The first-order valence-electron chi connectivity index (χ1n) is 3.01. The van der Waals surface area contributed by atoms with Crippen LogP contribution in [0.2, 0.25) is 0 Å². The van der Waals surface area contributed by atoms with Crippen molar-refractivity contribution in [2.75, 3.05) is 0 Å². The number of hydrogen-bond donors (Lipinski definition) is 1. The van der Waals surface area contributed by atoms with E-state index in [0.717, 1.165) is 0 Å². The summed E-state index contributed by atoms with van der Waals surface area (Å²) in [6.45, 7) is 3.77. The molecule has 0 heterocycles. The molecule has 52 valence electrons. The minimum atomic E-state index is -0.736. The van der Waals surface area contributed by atoms with E-state index in [1.165, 1.54) is 0 Å². The van der Waals surface area contributed by atoms with Crippen LogP contribution in [-0.4, -0.2) is 11.1 Å². The average molecular weight is 128 g/mol. The molecule has 0 radical (unpaired) electrons. The summed E-state index contributed by atoms with van der Waals surface area (Å²) in [6, 6.07) is 0. The third-order valence-corrected chi connectivity index (χ3v) is 1.02. The first kappa shape index (κ1) is 8.21. The topological polar surface area (TPSA) is 37.3 Å². The van der Waals surface area contributed by atoms with Crippen LogP contribution in [-0.2, 0) is 4.79 Å². The van der Waals surface area contributed by atoms with Crippen LogP contribution in [0.3, 0.4) is 0 Å². The van der Waals surface area contributed by atoms with Crippen LogP contribution in [0.4, 0.5) is 0 Å². The van der Waals surface area contributed by atoms with Crippen LogP contribution in [0.1, 0.15) is 20.3 Å². The molecule has 0 bridgehead atoms. The molecular formula is C7H12O2. The zero-order chi connectivity index (χ0) is 7.28. The average Bonchev–Trinajstić information content (AvgIpc) is 1.63. The van der Waals surface area contributed by atoms with Gasteiger partial charge in [0, 0.05) is 0 Å². The zero-order valence-corrected chi connectivity index (χ0v) is 5.79. The minimum Gasteiger partial charge on any atom is -0.481 e. The fourth-order valence-electron chi connectivity index (χ4n) is 0.672. The lowest BCUT2D eigenvalue weighted by atomic mass is 10.1. The highest BCUT2D eigenvalue weighted by Gasteiger charge is 2.01. The van der Waals surface area contributed by atoms with E-state index in [2.05, 4.69) is 0 Å². The maximum absolute atomic E-state index is 10.1. The van der Waals surface area contributed by atoms with Gasteiger partial charge in [-0.05, 0) is 12.8 Å². The SMILES string of the molecule is CC=CC(C)CC(=O)O. The van der Waals surface area contributed by atoms with Gasteiger partial charge in [-0.25, -0.2) is 0 Å². The predicted molar refractivity (Wildman–Crippen MR) is 36.2 cm³/mol. The van der Waals surface area contributed by atoms with Crippen LogP contribution in [0.5, 0.6) is 0 Å². The molecule has 2 nitrogen and oxygen atoms in total. The van der Waals surface area contributed by atoms with Crippen molar-refractivity contribution in [1.29, 1.82) is 0 Å². The Bertz CT molecular complexity index is 116. The predicted octanol–water partition coefficient (Wildman–Crippen LogP) is 1.67. The molecule has 9 heavy (non-hydrogen) atoms. The van der Waals surface area contributed by atoms with Crippen LogP contribution < -0.4 is 0 Å². The summed E-state index contributed by atoms with van der Waals surface area (Å²) in [7, 11) is 0. The van der Waals surface area contributed by atoms with Crippen molar-refractivity contribution in [3.8, 4) is 0 Å². The molecule has 0 aromatic rings. The van der Waals surface area contributed by atoms with Gasteiger partial charge >= 0.3 is 5.97 Å². The van der Waals surface area contributed by atoms with Crippen molar-refractivity contribution in [2.24, 2.45) is 5.92 Å². The van der Waals surface area contributed by atoms with Crippen molar-refractivity contribution in [1.82, 2.24) is 0 Å². The van der Waals surface area contributed by atoms with E-state index in [-0.39, 0.29) is 12.3 Å². The van der Waals surface area contributed by atoms with Crippen molar-refractivity contribution >= 4 is 5.97 Å². The number of rotatable bonds is 3. The Morgan fingerprint density at radius 1 is 1.78 bits per heavy atom. The number of carboxylic acids is 1. The molecule has 2 heteroatoms. The molecule has 0 rings (SSSR count). The zero-order valence-electron chi connectivity index (χ0n) is 5.79. The maximum atomic E-state index is 10.1. The van der Waals surface area contributed by atoms with Crippen molar-refractivity contribution in [3.05, 3.63) is 12.2 Å². The molecule has 0 aliphatic rings. The normalized spacial score (nSPS) is 14.0. The van der Waals surface area contributed by atoms with Gasteiger partial charge in [0.05, 0.1) is 6.42 Å². The van der Waals surface area contributed by atoms with E-state index < -0.39 is 5.97 Å². The lowest BCUT2D eigenvalue weighted by Gasteiger charge is -1.98. The van der Waals surface area contributed by atoms with E-state index in [0.29, 0.717) is 0 Å². The summed E-state index contributed by atoms with van der Waals surface area (Å²) in [6.07, 6.45) is 3.98. The Morgan fingerprint density at radius 2 is 2.33 bits per heavy atom. The van der Waals surface area contributed by atoms with Crippen LogP contribution >= 0.6 is 0 Å². The second-order valence-corrected chi connectivity index (χ2v) is 2.10. The van der Waals surface area contributed by atoms with Gasteiger partial charge < -0.3 is 5.11 Å². The summed E-state index contributed by atoms with van der Waals surface area (Å²) in [5.41, 5.74) is 0. The van der Waals surface area contributed by atoms with Gasteiger partial charge in [-0.2, -0.15) is 0 Å². The fraction of sp³-hybridized carbons (Fsp3) is 0.571. The van der Waals surface area contributed by atoms with Gasteiger partial charge in [-0.1, -0.05) is 19.1 Å². The smallest absolute Gasteiger partial charge is 0.303 e. The number of hydrogen-bond acceptors (Lipinski definition) is 1. The van der Waals surface area contributed by atoms with Gasteiger partial charge in [0.1, 0.15) is 0 Å². The summed E-state index contributed by atoms with van der Waals surface area (Å²) in [4.78, 5) is 10.1. The van der Waals surface area contributed by atoms with Crippen molar-refractivity contribution in [2.45, 2.75) is 20.3 Å². The van der Waals surface area contributed by atoms with Crippen LogP contribution in [0.15, 0.2) is 12.2 Å². The first-order chi connectivity index (χ1) is 4.16. The van der Waals surface area contributed by atoms with E-state index in [4.69, 9.17) is 5.11 Å². The summed E-state index contributed by atoms with van der Waals surface area (Å²) in [5, 5.41) is 8.28. The lowest BCUT2D eigenvalue weighted by molar-refractivity contribution is -0.137. The molecule has 0 saturated carbocycles. The second kappa shape index (κ2) is 4.13. The van der Waals surface area contributed by atoms with Gasteiger partial charge in [-0.15, -0.1) is 0 Å². The summed E-state index contributed by atoms with van der Waals surface area (Å²) in [5.74, 6) is -0.576. The molecule has 0 aliphatic heterocycles. The highest BCUT2D eigenvalue weighted by Crippen LogP contribution is 2.02. The molecule has 1 atom stereocenters. The molecular weight excluding hydrogens is 116 g/mol. The molecule has 0 amide bonds. The van der Waals surface area contributed by atoms with Crippen LogP contribution in [0.25, 0.3) is 0 Å². The third kappa shape index (κ3) is 5.07. The van der Waals surface area contributed by atoms with E-state index >= 15 is 0 Å². The highest BCUT2D eigenvalue weighted by molar-refractivity contribution is 5.67. The van der Waals surface area contributed by atoms with E-state index in [1.54, 1.807) is 0 Å². The fourth-order valence-corrected chi connectivity index (χ4v) is 0.672. The Kier molecular flexibility index (Phi) is 3.76. The van der Waals surface area contributed by atoms with Crippen molar-refractivity contribution < 1.29 is 9.90 Å². The Balaban J connectivity index is 3.50. The lowest BCUT2D eigenvalue weighted by Crippen LogP contribution is -2.00. The summed E-state index contributed by atoms with van der Waals surface area (Å²) >= 11 is 0. The Hall–Kier alpha value is -0.790. The Labute approximate surface area is 55.2 Å². The second-order valence-electron chi connectivity index (χ2n) is 2.10. The van der Waals surface area contributed by atoms with Crippen molar-refractivity contribution in [3.63, 3.8) is 0 Å². The molecule has 0 spiro atoms. The molecule has 0 aromatic carbocycles. The third-order valence-electron chi connectivity index (χ3n) is 1.02. The highest BCUT2D eigenvalue weighted by atomic mass is 16.4. The van der Waals surface area contributed by atoms with Gasteiger partial charge in [0.15, 0.2) is 0 Å². The Morgan fingerprint density at radius 3 is 2.67 bits per heavy atom. The quantitative estimate of drug-likeness (QED) is 0.587. The summed E-state index contributed by atoms with van der Waals surface area (Å²) < 4.78 is 0. The monoisotopic (exact) mass is 128 g/mol. The molecule has 0 saturated heterocycles. The van der Waals surface area contributed by atoms with Gasteiger partial charge in [0.25, 0.3) is 0 Å². The standard InChI is InChI=1S/C7H12O2/c1-3-4-6(2)5-7(8)9/h3-4,6H,5H2,1-2H3,(H,8,9). The number of aliphatic carboxylic acids is 1. The number of allylic oxidation sites excluding steroid dienone is 2. The molecule has 0 aromatic heterocycles. The number of carboxylic acid groups (broad SMARTS) is 1. The van der Waals surface area contributed by atoms with Gasteiger partial charge in [-0.3, -0.25) is 4.79 Å². The minimum absolute atomic E-state index is 0.160. The molecule has 0 fully saturated rings. The largest absolute Gasteiger partial charge is 0.481 e. The maximum Gasteiger partial charge on any atom is 0.303 e. The first-order valence-corrected chi connectivity index (χ1v) is 3.01. The van der Waals surface area contributed by atoms with E-state index in [9.17, 15) is 4.79 Å². The van der Waals surface area contributed by atoms with E-state index in [1.807, 2.05) is 26.0 Å².